The molecule has 46 heavy (non-hydrogen) atoms. The van der Waals surface area contributed by atoms with Gasteiger partial charge in [-0.05, 0) is 99.7 Å². The molecule has 0 aromatic heterocycles. The van der Waals surface area contributed by atoms with Crippen molar-refractivity contribution in [3.63, 3.8) is 0 Å². The van der Waals surface area contributed by atoms with E-state index in [1.165, 1.54) is 0 Å². The van der Waals surface area contributed by atoms with Crippen LogP contribution in [-0.4, -0.2) is 0 Å². The normalized spacial score (nSPS) is 20.6. The summed E-state index contributed by atoms with van der Waals surface area (Å²) in [5.74, 6) is 0. The van der Waals surface area contributed by atoms with E-state index in [-0.39, 0.29) is 0 Å². The summed E-state index contributed by atoms with van der Waals surface area (Å²) in [5.41, 5.74) is -6.92. The van der Waals surface area contributed by atoms with Gasteiger partial charge in [-0.2, -0.15) is 0 Å². The van der Waals surface area contributed by atoms with E-state index in [2.05, 4.69) is 0 Å². The van der Waals surface area contributed by atoms with Gasteiger partial charge in [-0.1, -0.05) is 169 Å². The molecule has 0 heterocycles. The topological polar surface area (TPSA) is 0 Å². The molecule has 0 N–H and O–H groups in total. The lowest BCUT2D eigenvalue weighted by Gasteiger charge is -2.19. The fraction of sp³-hybridized carbons (Fsp3) is 0. The monoisotopic (exact) mass is 612 g/mol. The van der Waals surface area contributed by atoms with Crippen LogP contribution >= 0.6 is 0 Å². The van der Waals surface area contributed by atoms with Crippen molar-refractivity contribution in [2.24, 2.45) is 0 Å². The maximum absolute atomic E-state index is 10.0. The minimum atomic E-state index is -1.16. The second kappa shape index (κ2) is 10.9. The lowest BCUT2D eigenvalue weighted by atomic mass is 9.84. The molecule has 9 rings (SSSR count). The summed E-state index contributed by atoms with van der Waals surface area (Å²) in [6, 6.07) is -29.9. The third kappa shape index (κ3) is 4.38. The molecule has 0 aliphatic heterocycles. The first-order valence-electron chi connectivity index (χ1n) is 28.5. The number of fused-ring (bicyclic) bond motifs is 4. The molecule has 0 heteroatoms. The Morgan fingerprint density at radius 1 is 0.261 bits per heavy atom. The van der Waals surface area contributed by atoms with Crippen LogP contribution in [0.5, 0.6) is 0 Å². The van der Waals surface area contributed by atoms with E-state index in [1.54, 1.807) is 0 Å². The smallest absolute Gasteiger partial charge is 0.0622 e. The molecule has 0 aliphatic carbocycles. The predicted octanol–water partition coefficient (Wildman–Crippen LogP) is 13.0. The summed E-state index contributed by atoms with van der Waals surface area (Å²) in [4.78, 5) is 0. The van der Waals surface area contributed by atoms with E-state index in [0.29, 0.717) is 0 Å². The summed E-state index contributed by atoms with van der Waals surface area (Å²) >= 11 is 0. The highest BCUT2D eigenvalue weighted by atomic mass is 14.2. The zero-order valence-electron chi connectivity index (χ0n) is 53.0. The van der Waals surface area contributed by atoms with E-state index in [1.807, 2.05) is 0 Å². The van der Waals surface area contributed by atoms with Crippen LogP contribution in [0, 0.1) is 0 Å². The highest BCUT2D eigenvalue weighted by Crippen LogP contribution is 2.45. The van der Waals surface area contributed by atoms with Crippen LogP contribution in [0.25, 0.3) is 87.6 Å². The van der Waals surface area contributed by atoms with Gasteiger partial charge in [-0.3, -0.25) is 0 Å². The molecule has 0 unspecified atom stereocenters. The van der Waals surface area contributed by atoms with Gasteiger partial charge >= 0.3 is 0 Å². The third-order valence-electron chi connectivity index (χ3n) is 7.19. The molecule has 0 aliphatic rings. The minimum absolute atomic E-state index is 0.605. The molecule has 0 saturated carbocycles. The first-order valence-corrected chi connectivity index (χ1v) is 13.5. The zero-order valence-corrected chi connectivity index (χ0v) is 23.0. The van der Waals surface area contributed by atoms with Gasteiger partial charge in [-0.25, -0.2) is 0 Å². The van der Waals surface area contributed by atoms with Crippen LogP contribution in [0.4, 0.5) is 0 Å². The van der Waals surface area contributed by atoms with Gasteiger partial charge in [0.1, 0.15) is 0 Å². The molecular weight excluding hydrogens is 553 g/mol. The van der Waals surface area contributed by atoms with Crippen molar-refractivity contribution < 1.29 is 41.1 Å². The van der Waals surface area contributed by atoms with Gasteiger partial charge in [0.2, 0.25) is 0 Å². The molecule has 0 bridgehead atoms. The van der Waals surface area contributed by atoms with Gasteiger partial charge in [0.05, 0.1) is 41.1 Å². The number of benzene rings is 9. The molecule has 9 aromatic rings. The van der Waals surface area contributed by atoms with Gasteiger partial charge in [0.25, 0.3) is 0 Å². The molecule has 0 nitrogen and oxygen atoms in total. The third-order valence-corrected chi connectivity index (χ3v) is 7.19. The second-order valence-electron chi connectivity index (χ2n) is 9.75. The van der Waals surface area contributed by atoms with E-state index in [4.69, 9.17) is 27.4 Å². The van der Waals surface area contributed by atoms with Crippen molar-refractivity contribution in [2.75, 3.05) is 0 Å². The first-order chi connectivity index (χ1) is 35.3. The highest BCUT2D eigenvalue weighted by Gasteiger charge is 2.18. The molecule has 0 atom stereocenters. The van der Waals surface area contributed by atoms with Crippen molar-refractivity contribution in [2.45, 2.75) is 0 Å². The standard InChI is InChI=1S/C46H30/c1-2-13-34(14-3-1)46-42-19-9-8-18-41(42)45(35-24-22-33(23-25-35)40-20-10-16-32-12-6-7-17-39(32)40)43-28-27-38(30-44(43)46)37-26-21-31-11-4-5-15-36(31)29-37/h1-30H/i1D,2D,3D,4D,5D,6D,7D,8D,9D,10D,11D,12D,13D,14D,15D,16D,17D,18D,19D,20D,21D,22D,23D,24D,25D,26D,27D,28D,29D,30D. The lowest BCUT2D eigenvalue weighted by molar-refractivity contribution is 1.62. The van der Waals surface area contributed by atoms with Crippen molar-refractivity contribution in [3.8, 4) is 44.5 Å². The van der Waals surface area contributed by atoms with Crippen LogP contribution in [-0.2, 0) is 0 Å². The Hall–Kier alpha value is -5.98. The van der Waals surface area contributed by atoms with Crippen molar-refractivity contribution >= 4 is 43.1 Å². The van der Waals surface area contributed by atoms with Crippen LogP contribution in [0.2, 0.25) is 0 Å². The average Bonchev–Trinajstić information content (AvgIpc) is 3.40. The van der Waals surface area contributed by atoms with Crippen molar-refractivity contribution in [3.05, 3.63) is 181 Å². The largest absolute Gasteiger partial charge is 0.0636 e. The summed E-state index contributed by atoms with van der Waals surface area (Å²) in [6.45, 7) is 0. The quantitative estimate of drug-likeness (QED) is 0.173. The van der Waals surface area contributed by atoms with E-state index in [9.17, 15) is 13.7 Å². The molecule has 9 aromatic carbocycles. The lowest BCUT2D eigenvalue weighted by Crippen LogP contribution is -1.92. The average molecular weight is 613 g/mol. The van der Waals surface area contributed by atoms with Crippen LogP contribution in [0.3, 0.4) is 0 Å². The molecule has 0 radical (unpaired) electrons. The zero-order chi connectivity index (χ0) is 56.6. The molecule has 0 spiro atoms. The Morgan fingerprint density at radius 3 is 1.54 bits per heavy atom. The van der Waals surface area contributed by atoms with Gasteiger partial charge in [0, 0.05) is 0 Å². The van der Waals surface area contributed by atoms with E-state index < -0.39 is 269 Å². The van der Waals surface area contributed by atoms with Crippen LogP contribution in [0.15, 0.2) is 181 Å². The molecular formula is C46H30. The fourth-order valence-corrected chi connectivity index (χ4v) is 5.19. The van der Waals surface area contributed by atoms with Gasteiger partial charge in [0.15, 0.2) is 0 Å². The Morgan fingerprint density at radius 2 is 0.761 bits per heavy atom. The molecule has 0 saturated heterocycles. The Bertz CT molecular complexity index is 4210. The fourth-order valence-electron chi connectivity index (χ4n) is 5.19. The Kier molecular flexibility index (Phi) is 2.37. The highest BCUT2D eigenvalue weighted by molar-refractivity contribution is 6.22. The Balaban J connectivity index is 1.61. The predicted molar refractivity (Wildman–Crippen MR) is 198 cm³/mol. The second-order valence-corrected chi connectivity index (χ2v) is 9.75. The first kappa shape index (κ1) is 10.0. The van der Waals surface area contributed by atoms with Crippen molar-refractivity contribution in [1.82, 2.24) is 0 Å². The number of hydrogen-bond acceptors (Lipinski definition) is 0. The van der Waals surface area contributed by atoms with Gasteiger partial charge < -0.3 is 0 Å². The van der Waals surface area contributed by atoms with Crippen LogP contribution in [0.1, 0.15) is 41.1 Å². The van der Waals surface area contributed by atoms with Crippen molar-refractivity contribution in [1.29, 1.82) is 0 Å². The summed E-state index contributed by atoms with van der Waals surface area (Å²) in [5, 5.41) is -5.91. The van der Waals surface area contributed by atoms with Crippen LogP contribution < -0.4 is 0 Å². The maximum atomic E-state index is 10.0. The SMILES string of the molecule is [2H]c1c([2H])c([2H])c(-c2c3c([2H])c([2H])c([2H])c([2H])c3c(-c3c([2H])c([2H])c(-c4c([2H])c([2H])c([2H])c5c([2H])c([2H])c([2H])c([2H])c45)c([2H])c3[2H])c3c([2H])c([2H])c(-c4c([2H])c([2H])c5c([2H])c([2H])c([2H])c([2H])c5c4[2H])c([2H])c23)c([2H])c1[2H]. The molecule has 214 valence electrons. The Labute approximate surface area is 311 Å². The van der Waals surface area contributed by atoms with Gasteiger partial charge in [-0.15, -0.1) is 0 Å². The van der Waals surface area contributed by atoms with E-state index >= 15 is 0 Å². The summed E-state index contributed by atoms with van der Waals surface area (Å²) < 4.78 is 269. The number of hydrogen-bond donors (Lipinski definition) is 0. The minimum Gasteiger partial charge on any atom is -0.0622 e. The maximum Gasteiger partial charge on any atom is 0.0636 e. The van der Waals surface area contributed by atoms with E-state index in [0.717, 1.165) is 0 Å². The molecule has 0 amide bonds. The summed E-state index contributed by atoms with van der Waals surface area (Å²) in [6.07, 6.45) is 0. The molecule has 0 fully saturated rings. The number of rotatable bonds is 4. The summed E-state index contributed by atoms with van der Waals surface area (Å²) in [7, 11) is 0.